The molecule has 0 aliphatic carbocycles. The van der Waals surface area contributed by atoms with Crippen LogP contribution in [0.15, 0.2) is 24.3 Å². The largest absolute Gasteiger partial charge is 0.435 e. The number of hydrogen-bond donors (Lipinski definition) is 1. The number of hydrogen-bond acceptors (Lipinski definition) is 3. The average Bonchev–Trinajstić information content (AvgIpc) is 2.40. The highest BCUT2D eigenvalue weighted by atomic mass is 32.2. The number of rotatable bonds is 5. The lowest BCUT2D eigenvalue weighted by Gasteiger charge is -2.26. The van der Waals surface area contributed by atoms with Gasteiger partial charge in [0, 0.05) is 17.8 Å². The second kappa shape index (κ2) is 7.10. The van der Waals surface area contributed by atoms with E-state index in [9.17, 15) is 8.78 Å². The molecule has 1 aliphatic rings. The molecule has 2 unspecified atom stereocenters. The molecule has 0 aromatic heterocycles. The first-order valence-corrected chi connectivity index (χ1v) is 7.69. The number of thioether (sulfide) groups is 1. The highest BCUT2D eigenvalue weighted by Gasteiger charge is 2.16. The standard InChI is InChI=1S/C14H19F2NOS/c1-10(17-12-3-2-8-19-9-12)11-4-6-13(7-5-11)18-14(15)16/h4-7,10,12,14,17H,2-3,8-9H2,1H3. The molecule has 19 heavy (non-hydrogen) atoms. The van der Waals surface area contributed by atoms with Crippen molar-refractivity contribution in [1.29, 1.82) is 0 Å². The van der Waals surface area contributed by atoms with E-state index in [0.29, 0.717) is 6.04 Å². The number of benzene rings is 1. The fourth-order valence-corrected chi connectivity index (χ4v) is 3.34. The molecular weight excluding hydrogens is 268 g/mol. The summed E-state index contributed by atoms with van der Waals surface area (Å²) in [5.74, 6) is 2.61. The van der Waals surface area contributed by atoms with Gasteiger partial charge in [-0.1, -0.05) is 12.1 Å². The van der Waals surface area contributed by atoms with E-state index in [-0.39, 0.29) is 11.8 Å². The first kappa shape index (κ1) is 14.6. The van der Waals surface area contributed by atoms with Crippen molar-refractivity contribution in [3.05, 3.63) is 29.8 Å². The Morgan fingerprint density at radius 3 is 2.63 bits per heavy atom. The Morgan fingerprint density at radius 1 is 1.32 bits per heavy atom. The van der Waals surface area contributed by atoms with E-state index < -0.39 is 6.61 Å². The number of ether oxygens (including phenoxy) is 1. The Labute approximate surface area is 116 Å². The second-order valence-corrected chi connectivity index (χ2v) is 5.90. The summed E-state index contributed by atoms with van der Waals surface area (Å²) in [6, 6.07) is 7.64. The molecule has 1 aliphatic heterocycles. The third-order valence-electron chi connectivity index (χ3n) is 3.25. The van der Waals surface area contributed by atoms with Crippen molar-refractivity contribution < 1.29 is 13.5 Å². The maximum absolute atomic E-state index is 12.1. The van der Waals surface area contributed by atoms with Gasteiger partial charge in [0.15, 0.2) is 0 Å². The first-order chi connectivity index (χ1) is 9.15. The SMILES string of the molecule is CC(NC1CCCSC1)c1ccc(OC(F)F)cc1. The van der Waals surface area contributed by atoms with Crippen LogP contribution < -0.4 is 10.1 Å². The predicted molar refractivity (Wildman–Crippen MR) is 75.0 cm³/mol. The van der Waals surface area contributed by atoms with Crippen LogP contribution in [-0.4, -0.2) is 24.2 Å². The molecule has 1 aromatic carbocycles. The Hall–Kier alpha value is -0.810. The molecule has 1 aromatic rings. The molecule has 1 fully saturated rings. The molecule has 0 amide bonds. The van der Waals surface area contributed by atoms with Gasteiger partial charge in [0.25, 0.3) is 0 Å². The zero-order valence-electron chi connectivity index (χ0n) is 10.9. The predicted octanol–water partition coefficient (Wildman–Crippen LogP) is 3.83. The van der Waals surface area contributed by atoms with E-state index in [0.717, 1.165) is 11.3 Å². The van der Waals surface area contributed by atoms with Crippen LogP contribution in [0.25, 0.3) is 0 Å². The molecule has 106 valence electrons. The van der Waals surface area contributed by atoms with Crippen molar-refractivity contribution in [3.63, 3.8) is 0 Å². The first-order valence-electron chi connectivity index (χ1n) is 6.53. The third kappa shape index (κ3) is 4.66. The summed E-state index contributed by atoms with van der Waals surface area (Å²) >= 11 is 1.98. The minimum Gasteiger partial charge on any atom is -0.435 e. The van der Waals surface area contributed by atoms with E-state index in [2.05, 4.69) is 17.0 Å². The van der Waals surface area contributed by atoms with E-state index in [1.807, 2.05) is 23.9 Å². The topological polar surface area (TPSA) is 21.3 Å². The molecule has 0 bridgehead atoms. The molecule has 5 heteroatoms. The minimum absolute atomic E-state index is 0.208. The van der Waals surface area contributed by atoms with Gasteiger partial charge >= 0.3 is 6.61 Å². The lowest BCUT2D eigenvalue weighted by Crippen LogP contribution is -2.35. The van der Waals surface area contributed by atoms with Crippen LogP contribution in [0.4, 0.5) is 8.78 Å². The fourth-order valence-electron chi connectivity index (χ4n) is 2.26. The van der Waals surface area contributed by atoms with Gasteiger partial charge in [0.2, 0.25) is 0 Å². The maximum Gasteiger partial charge on any atom is 0.387 e. The van der Waals surface area contributed by atoms with Crippen molar-refractivity contribution in [2.24, 2.45) is 0 Å². The van der Waals surface area contributed by atoms with Gasteiger partial charge < -0.3 is 10.1 Å². The molecule has 1 saturated heterocycles. The Balaban J connectivity index is 1.89. The van der Waals surface area contributed by atoms with Crippen LogP contribution in [0.1, 0.15) is 31.4 Å². The summed E-state index contributed by atoms with van der Waals surface area (Å²) in [6.45, 7) is -0.664. The summed E-state index contributed by atoms with van der Waals surface area (Å²) < 4.78 is 28.4. The molecule has 0 saturated carbocycles. The van der Waals surface area contributed by atoms with Gasteiger partial charge in [-0.15, -0.1) is 0 Å². The van der Waals surface area contributed by atoms with Crippen LogP contribution in [-0.2, 0) is 0 Å². The molecule has 2 rings (SSSR count). The van der Waals surface area contributed by atoms with Crippen LogP contribution in [0.5, 0.6) is 5.75 Å². The molecule has 2 nitrogen and oxygen atoms in total. The number of halogens is 2. The van der Waals surface area contributed by atoms with E-state index in [1.165, 1.54) is 18.6 Å². The monoisotopic (exact) mass is 287 g/mol. The summed E-state index contributed by atoms with van der Waals surface area (Å²) in [6.07, 6.45) is 2.47. The maximum atomic E-state index is 12.1. The van der Waals surface area contributed by atoms with Gasteiger partial charge in [-0.25, -0.2) is 0 Å². The fraction of sp³-hybridized carbons (Fsp3) is 0.571. The quantitative estimate of drug-likeness (QED) is 0.889. The van der Waals surface area contributed by atoms with Crippen molar-refractivity contribution in [2.45, 2.75) is 38.5 Å². The van der Waals surface area contributed by atoms with Crippen LogP contribution in [0.3, 0.4) is 0 Å². The van der Waals surface area contributed by atoms with Crippen LogP contribution in [0.2, 0.25) is 0 Å². The molecule has 0 spiro atoms. The zero-order chi connectivity index (χ0) is 13.7. The van der Waals surface area contributed by atoms with Gasteiger partial charge in [0.1, 0.15) is 5.75 Å². The van der Waals surface area contributed by atoms with Crippen molar-refractivity contribution in [2.75, 3.05) is 11.5 Å². The molecule has 1 N–H and O–H groups in total. The highest BCUT2D eigenvalue weighted by Crippen LogP contribution is 2.22. The Morgan fingerprint density at radius 2 is 2.05 bits per heavy atom. The van der Waals surface area contributed by atoms with Gasteiger partial charge in [-0.05, 0) is 43.2 Å². The zero-order valence-corrected chi connectivity index (χ0v) is 11.8. The van der Waals surface area contributed by atoms with E-state index in [4.69, 9.17) is 0 Å². The van der Waals surface area contributed by atoms with Gasteiger partial charge in [0.05, 0.1) is 0 Å². The molecular formula is C14H19F2NOS. The normalized spacial score (nSPS) is 21.4. The average molecular weight is 287 g/mol. The van der Waals surface area contributed by atoms with Crippen molar-refractivity contribution >= 4 is 11.8 Å². The van der Waals surface area contributed by atoms with Gasteiger partial charge in [-0.3, -0.25) is 0 Å². The molecule has 1 heterocycles. The lowest BCUT2D eigenvalue weighted by molar-refractivity contribution is -0.0498. The van der Waals surface area contributed by atoms with Crippen molar-refractivity contribution in [3.8, 4) is 5.75 Å². The smallest absolute Gasteiger partial charge is 0.387 e. The van der Waals surface area contributed by atoms with Crippen molar-refractivity contribution in [1.82, 2.24) is 5.32 Å². The summed E-state index contributed by atoms with van der Waals surface area (Å²) in [7, 11) is 0. The van der Waals surface area contributed by atoms with E-state index in [1.54, 1.807) is 12.1 Å². The highest BCUT2D eigenvalue weighted by molar-refractivity contribution is 7.99. The number of nitrogens with one attached hydrogen (secondary N) is 1. The molecule has 0 radical (unpaired) electrons. The summed E-state index contributed by atoms with van der Waals surface area (Å²) in [4.78, 5) is 0. The Bertz CT molecular complexity index is 380. The second-order valence-electron chi connectivity index (χ2n) is 4.75. The minimum atomic E-state index is -2.76. The lowest BCUT2D eigenvalue weighted by atomic mass is 10.1. The Kier molecular flexibility index (Phi) is 5.45. The van der Waals surface area contributed by atoms with Gasteiger partial charge in [-0.2, -0.15) is 20.5 Å². The number of alkyl halides is 2. The van der Waals surface area contributed by atoms with Crippen LogP contribution in [0, 0.1) is 0 Å². The van der Waals surface area contributed by atoms with E-state index >= 15 is 0 Å². The van der Waals surface area contributed by atoms with Crippen LogP contribution >= 0.6 is 11.8 Å². The third-order valence-corrected chi connectivity index (χ3v) is 4.47. The summed E-state index contributed by atoms with van der Waals surface area (Å²) in [5.41, 5.74) is 1.09. The summed E-state index contributed by atoms with van der Waals surface area (Å²) in [5, 5.41) is 3.59. The molecule has 2 atom stereocenters.